The van der Waals surface area contributed by atoms with Crippen molar-refractivity contribution in [3.63, 3.8) is 0 Å². The fraction of sp³-hybridized carbons (Fsp3) is 0.852. The first-order valence-electron chi connectivity index (χ1n) is 27.1. The van der Waals surface area contributed by atoms with E-state index in [0.29, 0.717) is 50.0 Å². The minimum absolute atomic E-state index is 0.00552. The van der Waals surface area contributed by atoms with Crippen LogP contribution in [0.1, 0.15) is 203 Å². The van der Waals surface area contributed by atoms with Gasteiger partial charge in [-0.3, -0.25) is 38.4 Å². The predicted octanol–water partition coefficient (Wildman–Crippen LogP) is 9.47. The average Bonchev–Trinajstić information content (AvgIpc) is 4.07. The molecule has 16 nitrogen and oxygen atoms in total. The number of hydrogen-bond donors (Lipinski definition) is 4. The van der Waals surface area contributed by atoms with Crippen LogP contribution in [0, 0.1) is 40.9 Å². The Morgan fingerprint density at radius 3 is 1.10 bits per heavy atom. The quantitative estimate of drug-likeness (QED) is 0.0514. The molecule has 4 saturated heterocycles. The molecule has 6 unspecified atom stereocenters. The predicted molar refractivity (Wildman–Crippen MR) is 272 cm³/mol. The summed E-state index contributed by atoms with van der Waals surface area (Å²) < 4.78 is 0. The highest BCUT2D eigenvalue weighted by Crippen LogP contribution is 2.28. The molecule has 4 heterocycles. The molecular formula is C54H96N4O12. The number of carboxylic acids is 4. The van der Waals surface area contributed by atoms with Gasteiger partial charge in [-0.05, 0) is 49.4 Å². The number of nitrogens with zero attached hydrogens (tertiary/aromatic N) is 4. The molecule has 0 spiro atoms. The van der Waals surface area contributed by atoms with Crippen molar-refractivity contribution in [2.75, 3.05) is 52.4 Å². The Labute approximate surface area is 421 Å². The summed E-state index contributed by atoms with van der Waals surface area (Å²) in [4.78, 5) is 96.5. The van der Waals surface area contributed by atoms with Crippen molar-refractivity contribution >= 4 is 47.5 Å². The molecule has 70 heavy (non-hydrogen) atoms. The summed E-state index contributed by atoms with van der Waals surface area (Å²) >= 11 is 0. The number of carboxylic acid groups (broad SMARTS) is 4. The van der Waals surface area contributed by atoms with Crippen molar-refractivity contribution in [3.8, 4) is 0 Å². The lowest BCUT2D eigenvalue weighted by atomic mass is 9.84. The number of aliphatic carboxylic acids is 4. The summed E-state index contributed by atoms with van der Waals surface area (Å²) in [5.41, 5.74) is 0.304. The van der Waals surface area contributed by atoms with Crippen molar-refractivity contribution in [2.45, 2.75) is 203 Å². The van der Waals surface area contributed by atoms with Gasteiger partial charge in [0.1, 0.15) is 0 Å². The molecule has 4 rings (SSSR count). The summed E-state index contributed by atoms with van der Waals surface area (Å²) in [6, 6.07) is 0. The standard InChI is InChI=1S/2C14H25NO3.2C13H23NO3/c1-10(8-14(2,3)4)5-6-15-9-11(13(17)18)7-12(15)16;1-2-3-4-5-6-7-8-9-15-11-12(14(17)18)10-13(15)16;1-3-5-6-10(4-2)8-14-9-11(13(16)17)7-12(14)15;1-2-3-4-5-6-7-8-14-10-11(13(16)17)9-12(14)15/h10-11H,5-9H2,1-4H3,(H,17,18);12H,2-11H2,1H3,(H,17,18);10-11H,3-9H2,1-2H3,(H,16,17);11H,2-10H2,1H3,(H,16,17). The molecular weight excluding hydrogens is 897 g/mol. The van der Waals surface area contributed by atoms with Crippen molar-refractivity contribution in [1.82, 2.24) is 19.6 Å². The van der Waals surface area contributed by atoms with E-state index in [1.165, 1.54) is 70.6 Å². The second-order valence-electron chi connectivity index (χ2n) is 21.7. The van der Waals surface area contributed by atoms with E-state index in [9.17, 15) is 38.4 Å². The van der Waals surface area contributed by atoms with E-state index in [2.05, 4.69) is 55.4 Å². The molecule has 16 heteroatoms. The first-order chi connectivity index (χ1) is 33.1. The molecule has 0 radical (unpaired) electrons. The molecule has 6 atom stereocenters. The third kappa shape index (κ3) is 26.8. The highest BCUT2D eigenvalue weighted by molar-refractivity contribution is 5.88. The van der Waals surface area contributed by atoms with Crippen LogP contribution in [0.4, 0.5) is 0 Å². The van der Waals surface area contributed by atoms with Crippen LogP contribution in [-0.2, 0) is 38.4 Å². The number of amides is 4. The Balaban J connectivity index is 0.000000467. The Hall–Kier alpha value is -4.24. The van der Waals surface area contributed by atoms with Gasteiger partial charge in [0.2, 0.25) is 23.6 Å². The van der Waals surface area contributed by atoms with E-state index in [4.69, 9.17) is 20.4 Å². The summed E-state index contributed by atoms with van der Waals surface area (Å²) in [6.45, 7) is 22.0. The van der Waals surface area contributed by atoms with Crippen LogP contribution < -0.4 is 0 Å². The number of hydrogen-bond acceptors (Lipinski definition) is 8. The SMILES string of the molecule is CC(CCN1CC(C(=O)O)CC1=O)CC(C)(C)C.CCCCC(CC)CN1CC(C(=O)O)CC1=O.CCCCCCCCCN1CC(C(=O)O)CC1=O.CCCCCCCCN1CC(C(=O)O)CC1=O. The summed E-state index contributed by atoms with van der Waals surface area (Å²) in [6.07, 6.45) is 23.0. The van der Waals surface area contributed by atoms with Gasteiger partial charge in [-0.15, -0.1) is 0 Å². The van der Waals surface area contributed by atoms with E-state index >= 15 is 0 Å². The molecule has 404 valence electrons. The summed E-state index contributed by atoms with van der Waals surface area (Å²) in [5.74, 6) is -4.26. The average molecular weight is 993 g/mol. The zero-order chi connectivity index (χ0) is 52.8. The minimum Gasteiger partial charge on any atom is -0.481 e. The minimum atomic E-state index is -0.853. The third-order valence-corrected chi connectivity index (χ3v) is 13.9. The second-order valence-corrected chi connectivity index (χ2v) is 21.7. The molecule has 0 aliphatic carbocycles. The van der Waals surface area contributed by atoms with Crippen LogP contribution in [0.5, 0.6) is 0 Å². The molecule has 4 aliphatic rings. The van der Waals surface area contributed by atoms with Gasteiger partial charge < -0.3 is 40.0 Å². The number of unbranched alkanes of at least 4 members (excludes halogenated alkanes) is 12. The van der Waals surface area contributed by atoms with E-state index in [0.717, 1.165) is 71.0 Å². The van der Waals surface area contributed by atoms with Crippen LogP contribution in [-0.4, -0.2) is 140 Å². The monoisotopic (exact) mass is 993 g/mol. The van der Waals surface area contributed by atoms with Crippen molar-refractivity contribution in [1.29, 1.82) is 0 Å². The normalized spacial score (nSPS) is 20.9. The maximum Gasteiger partial charge on any atom is 0.308 e. The molecule has 0 aromatic carbocycles. The Morgan fingerprint density at radius 1 is 0.471 bits per heavy atom. The fourth-order valence-electron chi connectivity index (χ4n) is 9.67. The molecule has 4 amide bonds. The molecule has 4 fully saturated rings. The number of rotatable bonds is 29. The Bertz CT molecular complexity index is 1600. The molecule has 4 N–H and O–H groups in total. The van der Waals surface area contributed by atoms with Crippen LogP contribution in [0.15, 0.2) is 0 Å². The van der Waals surface area contributed by atoms with Crippen molar-refractivity contribution in [2.24, 2.45) is 40.9 Å². The topological polar surface area (TPSA) is 230 Å². The fourth-order valence-corrected chi connectivity index (χ4v) is 9.67. The Kier molecular flexibility index (Phi) is 31.9. The number of carbonyl (C=O) groups excluding carboxylic acids is 4. The molecule has 0 saturated carbocycles. The van der Waals surface area contributed by atoms with Gasteiger partial charge in [-0.1, -0.05) is 145 Å². The lowest BCUT2D eigenvalue weighted by Gasteiger charge is -2.25. The first kappa shape index (κ1) is 63.8. The van der Waals surface area contributed by atoms with Gasteiger partial charge in [-0.2, -0.15) is 0 Å². The maximum absolute atomic E-state index is 11.7. The largest absolute Gasteiger partial charge is 0.481 e. The van der Waals surface area contributed by atoms with E-state index in [-0.39, 0.29) is 49.3 Å². The third-order valence-electron chi connectivity index (χ3n) is 13.9. The second kappa shape index (κ2) is 35.0. The zero-order valence-electron chi connectivity index (χ0n) is 44.7. The highest BCUT2D eigenvalue weighted by Gasteiger charge is 2.37. The van der Waals surface area contributed by atoms with E-state index in [1.807, 2.05) is 0 Å². The van der Waals surface area contributed by atoms with Gasteiger partial charge in [-0.25, -0.2) is 0 Å². The molecule has 4 aliphatic heterocycles. The lowest BCUT2D eigenvalue weighted by molar-refractivity contribution is -0.142. The first-order valence-corrected chi connectivity index (χ1v) is 27.1. The van der Waals surface area contributed by atoms with Gasteiger partial charge in [0, 0.05) is 78.0 Å². The Morgan fingerprint density at radius 2 is 0.786 bits per heavy atom. The summed E-state index contributed by atoms with van der Waals surface area (Å²) in [5, 5.41) is 35.5. The summed E-state index contributed by atoms with van der Waals surface area (Å²) in [7, 11) is 0. The van der Waals surface area contributed by atoms with E-state index < -0.39 is 47.5 Å². The van der Waals surface area contributed by atoms with Crippen molar-refractivity contribution in [3.05, 3.63) is 0 Å². The van der Waals surface area contributed by atoms with Crippen LogP contribution in [0.3, 0.4) is 0 Å². The zero-order valence-corrected chi connectivity index (χ0v) is 44.7. The number of likely N-dealkylation sites (tertiary alicyclic amines) is 4. The van der Waals surface area contributed by atoms with Gasteiger partial charge in [0.25, 0.3) is 0 Å². The smallest absolute Gasteiger partial charge is 0.308 e. The van der Waals surface area contributed by atoms with Crippen LogP contribution in [0.2, 0.25) is 0 Å². The highest BCUT2D eigenvalue weighted by atomic mass is 16.4. The van der Waals surface area contributed by atoms with Gasteiger partial charge in [0.05, 0.1) is 23.7 Å². The van der Waals surface area contributed by atoms with Gasteiger partial charge in [0.15, 0.2) is 0 Å². The van der Waals surface area contributed by atoms with E-state index in [1.54, 1.807) is 19.6 Å². The maximum atomic E-state index is 11.7. The number of carbonyl (C=O) groups is 8. The lowest BCUT2D eigenvalue weighted by Crippen LogP contribution is -2.31. The van der Waals surface area contributed by atoms with Gasteiger partial charge >= 0.3 is 23.9 Å². The van der Waals surface area contributed by atoms with Crippen LogP contribution in [0.25, 0.3) is 0 Å². The molecule has 0 aromatic rings. The molecule has 0 aromatic heterocycles. The van der Waals surface area contributed by atoms with Crippen molar-refractivity contribution < 1.29 is 58.8 Å². The molecule has 0 bridgehead atoms. The van der Waals surface area contributed by atoms with Crippen LogP contribution >= 0.6 is 0 Å².